The highest BCUT2D eigenvalue weighted by Crippen LogP contribution is 2.30. The normalized spacial score (nSPS) is 40.0. The standard InChI is InChI=1S/C11H17NO6/c1-3-4-11(17)10(12-6(2)14)9(16)8(15)7(5-13)18-11/h1,7-10,13,15-17H,4-5H2,2H3,(H,12,14)/t7-,8-,9+,10+,11+/m1/s1. The number of hydrogen-bond donors (Lipinski definition) is 5. The summed E-state index contributed by atoms with van der Waals surface area (Å²) in [4.78, 5) is 11.0. The zero-order valence-electron chi connectivity index (χ0n) is 9.91. The number of amides is 1. The minimum atomic E-state index is -2.04. The van der Waals surface area contributed by atoms with Gasteiger partial charge in [0.05, 0.1) is 13.0 Å². The van der Waals surface area contributed by atoms with E-state index in [1.54, 1.807) is 0 Å². The van der Waals surface area contributed by atoms with Crippen molar-refractivity contribution in [2.75, 3.05) is 6.61 Å². The zero-order chi connectivity index (χ0) is 13.9. The Bertz CT molecular complexity index is 354. The number of ether oxygens (including phenoxy) is 1. The predicted octanol–water partition coefficient (Wildman–Crippen LogP) is -2.68. The van der Waals surface area contributed by atoms with Gasteiger partial charge in [0.25, 0.3) is 0 Å². The van der Waals surface area contributed by atoms with Gasteiger partial charge in [-0.2, -0.15) is 0 Å². The molecule has 7 nitrogen and oxygen atoms in total. The molecular formula is C11H17NO6. The lowest BCUT2D eigenvalue weighted by Gasteiger charge is -2.47. The van der Waals surface area contributed by atoms with Gasteiger partial charge in [-0.3, -0.25) is 4.79 Å². The molecule has 5 atom stereocenters. The molecule has 0 aromatic heterocycles. The third-order valence-electron chi connectivity index (χ3n) is 2.81. The highest BCUT2D eigenvalue weighted by molar-refractivity contribution is 5.73. The SMILES string of the molecule is C#CC[C@]1(O)O[C@H](CO)[C@@H](O)[C@H](O)[C@@H]1NC(C)=O. The van der Waals surface area contributed by atoms with Gasteiger partial charge in [-0.15, -0.1) is 12.3 Å². The van der Waals surface area contributed by atoms with Crippen LogP contribution in [0.15, 0.2) is 0 Å². The maximum atomic E-state index is 11.0. The molecule has 0 radical (unpaired) electrons. The molecule has 0 aromatic carbocycles. The summed E-state index contributed by atoms with van der Waals surface area (Å²) in [5, 5.41) is 41.0. The number of carbonyl (C=O) groups is 1. The summed E-state index contributed by atoms with van der Waals surface area (Å²) >= 11 is 0. The van der Waals surface area contributed by atoms with Gasteiger partial charge >= 0.3 is 0 Å². The second-order valence-electron chi connectivity index (χ2n) is 4.22. The van der Waals surface area contributed by atoms with Gasteiger partial charge in [0, 0.05) is 6.92 Å². The number of hydrogen-bond acceptors (Lipinski definition) is 6. The van der Waals surface area contributed by atoms with Gasteiger partial charge in [-0.1, -0.05) is 0 Å². The van der Waals surface area contributed by atoms with E-state index in [0.29, 0.717) is 0 Å². The maximum Gasteiger partial charge on any atom is 0.217 e. The van der Waals surface area contributed by atoms with Crippen LogP contribution in [0.4, 0.5) is 0 Å². The van der Waals surface area contributed by atoms with E-state index in [2.05, 4.69) is 11.2 Å². The van der Waals surface area contributed by atoms with Crippen LogP contribution in [-0.4, -0.2) is 63.1 Å². The second-order valence-corrected chi connectivity index (χ2v) is 4.22. The van der Waals surface area contributed by atoms with Crippen molar-refractivity contribution in [3.8, 4) is 12.3 Å². The van der Waals surface area contributed by atoms with E-state index in [1.807, 2.05) is 0 Å². The van der Waals surface area contributed by atoms with Gasteiger partial charge in [0.1, 0.15) is 24.4 Å². The molecule has 5 N–H and O–H groups in total. The highest BCUT2D eigenvalue weighted by atomic mass is 16.6. The van der Waals surface area contributed by atoms with Crippen LogP contribution in [0.1, 0.15) is 13.3 Å². The van der Waals surface area contributed by atoms with Crippen molar-refractivity contribution in [2.45, 2.75) is 43.5 Å². The third-order valence-corrected chi connectivity index (χ3v) is 2.81. The lowest BCUT2D eigenvalue weighted by Crippen LogP contribution is -2.70. The summed E-state index contributed by atoms with van der Waals surface area (Å²) in [6.45, 7) is 0.589. The first-order valence-electron chi connectivity index (χ1n) is 5.43. The first kappa shape index (κ1) is 14.9. The third kappa shape index (κ3) is 2.80. The van der Waals surface area contributed by atoms with Crippen molar-refractivity contribution < 1.29 is 30.0 Å². The molecule has 18 heavy (non-hydrogen) atoms. The molecular weight excluding hydrogens is 242 g/mol. The van der Waals surface area contributed by atoms with Gasteiger partial charge in [-0.05, 0) is 0 Å². The Morgan fingerprint density at radius 2 is 2.11 bits per heavy atom. The van der Waals surface area contributed by atoms with Crippen LogP contribution >= 0.6 is 0 Å². The van der Waals surface area contributed by atoms with Crippen LogP contribution in [0.2, 0.25) is 0 Å². The quantitative estimate of drug-likeness (QED) is 0.352. The predicted molar refractivity (Wildman–Crippen MR) is 60.0 cm³/mol. The minimum absolute atomic E-state index is 0.307. The van der Waals surface area contributed by atoms with Crippen molar-refractivity contribution in [3.05, 3.63) is 0 Å². The number of rotatable bonds is 3. The van der Waals surface area contributed by atoms with Crippen LogP contribution in [0.25, 0.3) is 0 Å². The lowest BCUT2D eigenvalue weighted by molar-refractivity contribution is -0.315. The Morgan fingerprint density at radius 3 is 2.56 bits per heavy atom. The molecule has 0 aliphatic carbocycles. The van der Waals surface area contributed by atoms with Crippen molar-refractivity contribution >= 4 is 5.91 Å². The van der Waals surface area contributed by atoms with E-state index in [0.717, 1.165) is 0 Å². The van der Waals surface area contributed by atoms with Crippen molar-refractivity contribution in [3.63, 3.8) is 0 Å². The first-order valence-corrected chi connectivity index (χ1v) is 5.43. The molecule has 1 fully saturated rings. The van der Waals surface area contributed by atoms with E-state index >= 15 is 0 Å². The fraction of sp³-hybridized carbons (Fsp3) is 0.727. The Morgan fingerprint density at radius 1 is 1.50 bits per heavy atom. The van der Waals surface area contributed by atoms with Gasteiger partial charge in [0.15, 0.2) is 5.79 Å². The van der Waals surface area contributed by atoms with Gasteiger partial charge in [-0.25, -0.2) is 0 Å². The summed E-state index contributed by atoms with van der Waals surface area (Å²) in [6, 6.07) is -1.27. The smallest absolute Gasteiger partial charge is 0.217 e. The molecule has 1 rings (SSSR count). The lowest BCUT2D eigenvalue weighted by atomic mass is 9.88. The number of carbonyl (C=O) groups excluding carboxylic acids is 1. The van der Waals surface area contributed by atoms with Crippen molar-refractivity contribution in [2.24, 2.45) is 0 Å². The first-order chi connectivity index (χ1) is 8.35. The topological polar surface area (TPSA) is 119 Å². The Labute approximate surface area is 104 Å². The highest BCUT2D eigenvalue weighted by Gasteiger charge is 2.53. The molecule has 1 amide bonds. The second kappa shape index (κ2) is 5.65. The van der Waals surface area contributed by atoms with Crippen LogP contribution in [0.5, 0.6) is 0 Å². The van der Waals surface area contributed by atoms with E-state index < -0.39 is 42.7 Å². The van der Waals surface area contributed by atoms with Crippen LogP contribution in [0, 0.1) is 12.3 Å². The molecule has 7 heteroatoms. The average Bonchev–Trinajstić information content (AvgIpc) is 2.30. The van der Waals surface area contributed by atoms with Crippen LogP contribution in [0.3, 0.4) is 0 Å². The molecule has 1 heterocycles. The molecule has 0 spiro atoms. The van der Waals surface area contributed by atoms with E-state index in [9.17, 15) is 20.1 Å². The van der Waals surface area contributed by atoms with E-state index in [1.165, 1.54) is 6.92 Å². The summed E-state index contributed by atoms with van der Waals surface area (Å²) in [5.74, 6) is -0.395. The molecule has 1 aliphatic rings. The number of terminal acetylenes is 1. The Balaban J connectivity index is 3.02. The molecule has 1 aliphatic heterocycles. The largest absolute Gasteiger partial charge is 0.394 e. The molecule has 0 bridgehead atoms. The number of aliphatic hydroxyl groups is 4. The van der Waals surface area contributed by atoms with E-state index in [-0.39, 0.29) is 6.42 Å². The summed E-state index contributed by atoms with van der Waals surface area (Å²) in [6.07, 6.45) is 0.669. The number of nitrogens with one attached hydrogen (secondary N) is 1. The molecule has 0 saturated carbocycles. The minimum Gasteiger partial charge on any atom is -0.394 e. The number of aliphatic hydroxyl groups excluding tert-OH is 3. The van der Waals surface area contributed by atoms with E-state index in [4.69, 9.17) is 16.3 Å². The summed E-state index contributed by atoms with van der Waals surface area (Å²) in [5.41, 5.74) is 0. The monoisotopic (exact) mass is 259 g/mol. The molecule has 1 saturated heterocycles. The van der Waals surface area contributed by atoms with Gasteiger partial charge < -0.3 is 30.5 Å². The average molecular weight is 259 g/mol. The molecule has 0 unspecified atom stereocenters. The van der Waals surface area contributed by atoms with Crippen molar-refractivity contribution in [1.29, 1.82) is 0 Å². The van der Waals surface area contributed by atoms with Crippen molar-refractivity contribution in [1.82, 2.24) is 5.32 Å². The van der Waals surface area contributed by atoms with Crippen LogP contribution in [-0.2, 0) is 9.53 Å². The Hall–Kier alpha value is -1.17. The molecule has 0 aromatic rings. The Kier molecular flexibility index (Phi) is 4.67. The zero-order valence-corrected chi connectivity index (χ0v) is 9.91. The molecule has 102 valence electrons. The maximum absolute atomic E-state index is 11.0. The summed E-state index contributed by atoms with van der Waals surface area (Å²) in [7, 11) is 0. The summed E-state index contributed by atoms with van der Waals surface area (Å²) < 4.78 is 5.10. The fourth-order valence-corrected chi connectivity index (χ4v) is 1.95. The fourth-order valence-electron chi connectivity index (χ4n) is 1.95. The van der Waals surface area contributed by atoms with Crippen LogP contribution < -0.4 is 5.32 Å². The van der Waals surface area contributed by atoms with Gasteiger partial charge in [0.2, 0.25) is 5.91 Å².